The van der Waals surface area contributed by atoms with Gasteiger partial charge in [0.2, 0.25) is 5.91 Å². The number of carbonyl (C=O) groups excluding carboxylic acids is 2. The van der Waals surface area contributed by atoms with Crippen LogP contribution in [-0.2, 0) is 16.0 Å². The van der Waals surface area contributed by atoms with Gasteiger partial charge >= 0.3 is 5.69 Å². The van der Waals surface area contributed by atoms with Crippen LogP contribution in [0.5, 0.6) is 5.75 Å². The van der Waals surface area contributed by atoms with Gasteiger partial charge in [0.15, 0.2) is 6.61 Å². The van der Waals surface area contributed by atoms with E-state index in [1.165, 1.54) is 0 Å². The second-order valence-corrected chi connectivity index (χ2v) is 5.28. The van der Waals surface area contributed by atoms with Crippen LogP contribution in [0.15, 0.2) is 27.8 Å². The van der Waals surface area contributed by atoms with Gasteiger partial charge in [-0.1, -0.05) is 0 Å². The Balaban J connectivity index is 1.76. The van der Waals surface area contributed by atoms with Crippen molar-refractivity contribution >= 4 is 23.2 Å². The number of hydrogen-bond donors (Lipinski definition) is 4. The highest BCUT2D eigenvalue weighted by Gasteiger charge is 2.17. The Bertz CT molecular complexity index is 944. The molecule has 1 aliphatic heterocycles. The second kappa shape index (κ2) is 6.03. The lowest BCUT2D eigenvalue weighted by Gasteiger charge is -2.18. The average Bonchev–Trinajstić information content (AvgIpc) is 2.50. The zero-order valence-corrected chi connectivity index (χ0v) is 12.7. The molecule has 2 heterocycles. The first-order chi connectivity index (χ1) is 11.4. The van der Waals surface area contributed by atoms with Crippen molar-refractivity contribution in [2.45, 2.75) is 13.3 Å². The van der Waals surface area contributed by atoms with Crippen LogP contribution in [0.25, 0.3) is 0 Å². The Kier molecular flexibility index (Phi) is 3.90. The number of benzene rings is 1. The number of H-pyrrole nitrogens is 2. The van der Waals surface area contributed by atoms with Gasteiger partial charge in [0.1, 0.15) is 5.75 Å². The van der Waals surface area contributed by atoms with Crippen molar-refractivity contribution in [1.29, 1.82) is 0 Å². The fourth-order valence-corrected chi connectivity index (χ4v) is 2.37. The minimum absolute atomic E-state index is 0.0486. The highest BCUT2D eigenvalue weighted by molar-refractivity contribution is 5.98. The highest BCUT2D eigenvalue weighted by Crippen LogP contribution is 2.30. The van der Waals surface area contributed by atoms with Crippen LogP contribution in [0.3, 0.4) is 0 Å². The van der Waals surface area contributed by atoms with E-state index in [1.54, 1.807) is 25.1 Å². The monoisotopic (exact) mass is 330 g/mol. The number of nitrogens with one attached hydrogen (secondary N) is 4. The summed E-state index contributed by atoms with van der Waals surface area (Å²) < 4.78 is 5.23. The number of aromatic amines is 2. The van der Waals surface area contributed by atoms with E-state index in [-0.39, 0.29) is 24.5 Å². The van der Waals surface area contributed by atoms with Gasteiger partial charge in [0, 0.05) is 16.9 Å². The molecular weight excluding hydrogens is 316 g/mol. The number of aryl methyl sites for hydroxylation is 1. The molecule has 0 bridgehead atoms. The molecule has 3 rings (SSSR count). The van der Waals surface area contributed by atoms with Crippen LogP contribution in [0.4, 0.5) is 11.4 Å². The fraction of sp³-hybridized carbons (Fsp3) is 0.200. The van der Waals surface area contributed by atoms with Gasteiger partial charge in [-0.2, -0.15) is 0 Å². The van der Waals surface area contributed by atoms with Gasteiger partial charge in [-0.05, 0) is 25.1 Å². The van der Waals surface area contributed by atoms with E-state index >= 15 is 0 Å². The Hall–Kier alpha value is -3.36. The molecule has 1 aromatic carbocycles. The van der Waals surface area contributed by atoms with Gasteiger partial charge in [-0.25, -0.2) is 4.79 Å². The minimum Gasteiger partial charge on any atom is -0.482 e. The van der Waals surface area contributed by atoms with E-state index in [2.05, 4.69) is 20.6 Å². The normalized spacial score (nSPS) is 12.8. The highest BCUT2D eigenvalue weighted by atomic mass is 16.5. The molecule has 0 saturated carbocycles. The molecule has 0 radical (unpaired) electrons. The zero-order valence-electron chi connectivity index (χ0n) is 12.7. The smallest absolute Gasteiger partial charge is 0.325 e. The number of anilines is 2. The van der Waals surface area contributed by atoms with Crippen LogP contribution in [0.2, 0.25) is 0 Å². The average molecular weight is 330 g/mol. The SMILES string of the molecule is Cc1[nH]c(=O)[nH]c(=O)c1CC(=O)Nc1ccc2c(c1)NC(=O)CO2. The predicted octanol–water partition coefficient (Wildman–Crippen LogP) is -0.116. The summed E-state index contributed by atoms with van der Waals surface area (Å²) in [6.07, 6.45) is -0.197. The van der Waals surface area contributed by atoms with Crippen LogP contribution in [0, 0.1) is 6.92 Å². The Morgan fingerprint density at radius 3 is 2.79 bits per heavy atom. The molecule has 1 aliphatic rings. The number of aromatic nitrogens is 2. The zero-order chi connectivity index (χ0) is 17.3. The summed E-state index contributed by atoms with van der Waals surface area (Å²) in [5.41, 5.74) is 0.210. The lowest BCUT2D eigenvalue weighted by atomic mass is 10.1. The maximum atomic E-state index is 12.1. The maximum Gasteiger partial charge on any atom is 0.325 e. The molecule has 124 valence electrons. The first-order valence-corrected chi connectivity index (χ1v) is 7.11. The van der Waals surface area contributed by atoms with Crippen molar-refractivity contribution in [2.24, 2.45) is 0 Å². The van der Waals surface area contributed by atoms with E-state index in [0.717, 1.165) is 0 Å². The molecule has 4 N–H and O–H groups in total. The van der Waals surface area contributed by atoms with Gasteiger partial charge in [-0.3, -0.25) is 19.4 Å². The Labute approximate surface area is 135 Å². The van der Waals surface area contributed by atoms with Crippen LogP contribution >= 0.6 is 0 Å². The van der Waals surface area contributed by atoms with Gasteiger partial charge in [0.25, 0.3) is 11.5 Å². The second-order valence-electron chi connectivity index (χ2n) is 5.28. The lowest BCUT2D eigenvalue weighted by Crippen LogP contribution is -2.29. The third-order valence-corrected chi connectivity index (χ3v) is 3.49. The van der Waals surface area contributed by atoms with Crippen molar-refractivity contribution in [3.63, 3.8) is 0 Å². The van der Waals surface area contributed by atoms with E-state index < -0.39 is 17.2 Å². The van der Waals surface area contributed by atoms with E-state index in [9.17, 15) is 19.2 Å². The quantitative estimate of drug-likeness (QED) is 0.623. The number of fused-ring (bicyclic) bond motifs is 1. The summed E-state index contributed by atoms with van der Waals surface area (Å²) in [4.78, 5) is 50.9. The molecule has 0 fully saturated rings. The third-order valence-electron chi connectivity index (χ3n) is 3.49. The summed E-state index contributed by atoms with van der Waals surface area (Å²) in [5.74, 6) is -0.194. The first-order valence-electron chi connectivity index (χ1n) is 7.11. The molecule has 9 nitrogen and oxygen atoms in total. The van der Waals surface area contributed by atoms with E-state index in [0.29, 0.717) is 22.8 Å². The number of carbonyl (C=O) groups is 2. The van der Waals surface area contributed by atoms with Crippen molar-refractivity contribution < 1.29 is 14.3 Å². The molecule has 2 amide bonds. The van der Waals surface area contributed by atoms with Crippen molar-refractivity contribution in [3.8, 4) is 5.75 Å². The molecule has 0 saturated heterocycles. The van der Waals surface area contributed by atoms with Crippen LogP contribution < -0.4 is 26.6 Å². The van der Waals surface area contributed by atoms with Crippen LogP contribution in [0.1, 0.15) is 11.3 Å². The van der Waals surface area contributed by atoms with Crippen molar-refractivity contribution in [2.75, 3.05) is 17.2 Å². The maximum absolute atomic E-state index is 12.1. The number of hydrogen-bond acceptors (Lipinski definition) is 5. The topological polar surface area (TPSA) is 133 Å². The molecule has 0 aliphatic carbocycles. The summed E-state index contributed by atoms with van der Waals surface area (Å²) in [6.45, 7) is 1.50. The van der Waals surface area contributed by atoms with Gasteiger partial charge in [0.05, 0.1) is 12.1 Å². The third kappa shape index (κ3) is 3.19. The largest absolute Gasteiger partial charge is 0.482 e. The van der Waals surface area contributed by atoms with E-state index in [1.807, 2.05) is 0 Å². The molecule has 1 aromatic heterocycles. The lowest BCUT2D eigenvalue weighted by molar-refractivity contribution is -0.118. The summed E-state index contributed by atoms with van der Waals surface area (Å²) in [5, 5.41) is 5.27. The molecular formula is C15H14N4O5. The van der Waals surface area contributed by atoms with Crippen molar-refractivity contribution in [3.05, 3.63) is 50.3 Å². The molecule has 0 unspecified atom stereocenters. The number of rotatable bonds is 3. The van der Waals surface area contributed by atoms with Crippen LogP contribution in [-0.4, -0.2) is 28.4 Å². The minimum atomic E-state index is -0.618. The molecule has 9 heteroatoms. The Morgan fingerprint density at radius 2 is 2.04 bits per heavy atom. The predicted molar refractivity (Wildman–Crippen MR) is 85.3 cm³/mol. The summed E-state index contributed by atoms with van der Waals surface area (Å²) in [6, 6.07) is 4.81. The fourth-order valence-electron chi connectivity index (χ4n) is 2.37. The first kappa shape index (κ1) is 15.5. The molecule has 24 heavy (non-hydrogen) atoms. The molecule has 0 spiro atoms. The summed E-state index contributed by atoms with van der Waals surface area (Å²) in [7, 11) is 0. The molecule has 2 aromatic rings. The van der Waals surface area contributed by atoms with Crippen molar-refractivity contribution in [1.82, 2.24) is 9.97 Å². The van der Waals surface area contributed by atoms with Gasteiger partial charge < -0.3 is 20.4 Å². The number of ether oxygens (including phenoxy) is 1. The van der Waals surface area contributed by atoms with Gasteiger partial charge in [-0.15, -0.1) is 0 Å². The summed E-state index contributed by atoms with van der Waals surface area (Å²) >= 11 is 0. The number of amides is 2. The van der Waals surface area contributed by atoms with E-state index in [4.69, 9.17) is 4.74 Å². The Morgan fingerprint density at radius 1 is 1.25 bits per heavy atom. The standard InChI is InChI=1S/C15H14N4O5/c1-7-9(14(22)19-15(23)16-7)5-12(20)17-8-2-3-11-10(4-8)18-13(21)6-24-11/h2-4H,5-6H2,1H3,(H,17,20)(H,18,21)(H2,16,19,22,23). The molecule has 0 atom stereocenters.